The first-order valence-electron chi connectivity index (χ1n) is 13.7. The molecule has 33 heavy (non-hydrogen) atoms. The van der Waals surface area contributed by atoms with Gasteiger partial charge in [-0.2, -0.15) is 0 Å². The number of carbonyl (C=O) groups is 1. The Bertz CT molecular complexity index is 513. The van der Waals surface area contributed by atoms with Gasteiger partial charge in [0.2, 0.25) is 5.91 Å². The Kier molecular flexibility index (Phi) is 24.2. The van der Waals surface area contributed by atoms with E-state index in [0.717, 1.165) is 57.8 Å². The summed E-state index contributed by atoms with van der Waals surface area (Å²) in [5.74, 6) is -0.0581. The van der Waals surface area contributed by atoms with Gasteiger partial charge in [0.25, 0.3) is 0 Å². The standard InChI is InChI=1S/C29H53NO3/c1-3-5-7-9-11-12-13-14-15-16-17-18-19-21-23-25-29(33)30-27(26-31)28(32)24-22-20-10-8-6-4-2/h5,7,11-12,14-15,27-28,31-32H,3-4,6,8-10,13,16-26H2,1-2H3,(H,30,33)/b7-5-,12-11-,15-14-. The van der Waals surface area contributed by atoms with Gasteiger partial charge in [-0.05, 0) is 44.9 Å². The number of aliphatic hydroxyl groups is 2. The molecule has 0 fully saturated rings. The molecule has 2 atom stereocenters. The van der Waals surface area contributed by atoms with Gasteiger partial charge in [-0.25, -0.2) is 0 Å². The summed E-state index contributed by atoms with van der Waals surface area (Å²) in [6, 6.07) is -0.539. The second kappa shape index (κ2) is 25.2. The van der Waals surface area contributed by atoms with Gasteiger partial charge in [-0.15, -0.1) is 0 Å². The summed E-state index contributed by atoms with van der Waals surface area (Å²) in [6.07, 6.45) is 30.5. The molecule has 0 aliphatic carbocycles. The molecule has 4 nitrogen and oxygen atoms in total. The fraction of sp³-hybridized carbons (Fsp3) is 0.759. The molecule has 1 amide bonds. The quantitative estimate of drug-likeness (QED) is 0.111. The Morgan fingerprint density at radius 3 is 2.00 bits per heavy atom. The zero-order chi connectivity index (χ0) is 24.4. The maximum atomic E-state index is 12.1. The molecule has 0 bridgehead atoms. The summed E-state index contributed by atoms with van der Waals surface area (Å²) in [6.45, 7) is 4.15. The number of rotatable bonds is 23. The van der Waals surface area contributed by atoms with Crippen LogP contribution in [0.2, 0.25) is 0 Å². The van der Waals surface area contributed by atoms with E-state index < -0.39 is 12.1 Å². The molecular formula is C29H53NO3. The summed E-state index contributed by atoms with van der Waals surface area (Å²) in [4.78, 5) is 12.1. The number of hydrogen-bond acceptors (Lipinski definition) is 3. The number of aliphatic hydroxyl groups excluding tert-OH is 2. The molecule has 0 aromatic rings. The van der Waals surface area contributed by atoms with Crippen LogP contribution in [0.15, 0.2) is 36.5 Å². The fourth-order valence-corrected chi connectivity index (χ4v) is 3.78. The van der Waals surface area contributed by atoms with Gasteiger partial charge in [-0.3, -0.25) is 4.79 Å². The van der Waals surface area contributed by atoms with Crippen molar-refractivity contribution >= 4 is 5.91 Å². The topological polar surface area (TPSA) is 69.6 Å². The smallest absolute Gasteiger partial charge is 0.220 e. The minimum absolute atomic E-state index is 0.0581. The molecule has 192 valence electrons. The largest absolute Gasteiger partial charge is 0.394 e. The first-order valence-corrected chi connectivity index (χ1v) is 13.7. The van der Waals surface area contributed by atoms with E-state index in [4.69, 9.17) is 0 Å². The van der Waals surface area contributed by atoms with Crippen molar-refractivity contribution in [3.63, 3.8) is 0 Å². The number of allylic oxidation sites excluding steroid dienone is 6. The molecule has 0 aromatic carbocycles. The minimum atomic E-state index is -0.661. The van der Waals surface area contributed by atoms with E-state index in [1.54, 1.807) is 0 Å². The van der Waals surface area contributed by atoms with Crippen molar-refractivity contribution in [1.82, 2.24) is 5.32 Å². The fourth-order valence-electron chi connectivity index (χ4n) is 3.78. The van der Waals surface area contributed by atoms with Gasteiger partial charge in [-0.1, -0.05) is 108 Å². The van der Waals surface area contributed by atoms with E-state index in [2.05, 4.69) is 55.6 Å². The van der Waals surface area contributed by atoms with E-state index in [-0.39, 0.29) is 12.5 Å². The lowest BCUT2D eigenvalue weighted by Gasteiger charge is -2.22. The summed E-state index contributed by atoms with van der Waals surface area (Å²) >= 11 is 0. The van der Waals surface area contributed by atoms with Crippen molar-refractivity contribution < 1.29 is 15.0 Å². The first kappa shape index (κ1) is 31.6. The van der Waals surface area contributed by atoms with Crippen LogP contribution in [0.1, 0.15) is 123 Å². The lowest BCUT2D eigenvalue weighted by Crippen LogP contribution is -2.45. The van der Waals surface area contributed by atoms with Gasteiger partial charge in [0, 0.05) is 6.42 Å². The summed E-state index contributed by atoms with van der Waals surface area (Å²) < 4.78 is 0. The Hall–Kier alpha value is -1.39. The molecule has 0 aromatic heterocycles. The van der Waals surface area contributed by atoms with Gasteiger partial charge < -0.3 is 15.5 Å². The average molecular weight is 464 g/mol. The lowest BCUT2D eigenvalue weighted by molar-refractivity contribution is -0.123. The van der Waals surface area contributed by atoms with E-state index in [1.165, 1.54) is 38.5 Å². The van der Waals surface area contributed by atoms with Crippen LogP contribution < -0.4 is 5.32 Å². The lowest BCUT2D eigenvalue weighted by atomic mass is 10.0. The van der Waals surface area contributed by atoms with Crippen molar-refractivity contribution in [2.24, 2.45) is 0 Å². The predicted molar refractivity (Wildman–Crippen MR) is 142 cm³/mol. The Labute approximate surface area is 204 Å². The molecule has 0 radical (unpaired) electrons. The van der Waals surface area contributed by atoms with E-state index >= 15 is 0 Å². The molecular weight excluding hydrogens is 410 g/mol. The maximum Gasteiger partial charge on any atom is 0.220 e. The van der Waals surface area contributed by atoms with Gasteiger partial charge in [0.05, 0.1) is 18.8 Å². The Morgan fingerprint density at radius 2 is 1.33 bits per heavy atom. The molecule has 4 heteroatoms. The third kappa shape index (κ3) is 22.2. The first-order chi connectivity index (χ1) is 16.2. The molecule has 0 spiro atoms. The highest BCUT2D eigenvalue weighted by Gasteiger charge is 2.19. The normalized spacial score (nSPS) is 13.9. The SMILES string of the molecule is CC/C=C\C/C=C\C/C=C\CCCCCCCC(=O)NC(CO)C(O)CCCCCCCC. The molecule has 2 unspecified atom stereocenters. The summed E-state index contributed by atoms with van der Waals surface area (Å²) in [5, 5.41) is 22.6. The Balaban J connectivity index is 3.67. The highest BCUT2D eigenvalue weighted by Crippen LogP contribution is 2.12. The zero-order valence-corrected chi connectivity index (χ0v) is 21.6. The van der Waals surface area contributed by atoms with Crippen LogP contribution in [0.5, 0.6) is 0 Å². The van der Waals surface area contributed by atoms with Crippen LogP contribution in [-0.2, 0) is 4.79 Å². The van der Waals surface area contributed by atoms with Crippen LogP contribution in [0, 0.1) is 0 Å². The van der Waals surface area contributed by atoms with Crippen molar-refractivity contribution in [3.05, 3.63) is 36.5 Å². The predicted octanol–water partition coefficient (Wildman–Crippen LogP) is 7.16. The van der Waals surface area contributed by atoms with E-state index in [0.29, 0.717) is 12.8 Å². The average Bonchev–Trinajstić information content (AvgIpc) is 2.82. The number of amides is 1. The third-order valence-corrected chi connectivity index (χ3v) is 5.92. The zero-order valence-electron chi connectivity index (χ0n) is 21.6. The second-order valence-electron chi connectivity index (χ2n) is 9.08. The van der Waals surface area contributed by atoms with Crippen LogP contribution in [0.25, 0.3) is 0 Å². The van der Waals surface area contributed by atoms with E-state index in [9.17, 15) is 15.0 Å². The molecule has 0 aliphatic rings. The van der Waals surface area contributed by atoms with Crippen LogP contribution in [0.4, 0.5) is 0 Å². The molecule has 0 heterocycles. The van der Waals surface area contributed by atoms with Crippen LogP contribution in [0.3, 0.4) is 0 Å². The summed E-state index contributed by atoms with van der Waals surface area (Å²) in [5.41, 5.74) is 0. The van der Waals surface area contributed by atoms with Crippen molar-refractivity contribution in [3.8, 4) is 0 Å². The number of hydrogen-bond donors (Lipinski definition) is 3. The highest BCUT2D eigenvalue weighted by atomic mass is 16.3. The minimum Gasteiger partial charge on any atom is -0.394 e. The van der Waals surface area contributed by atoms with Crippen LogP contribution in [-0.4, -0.2) is 34.9 Å². The molecule has 0 aliphatic heterocycles. The molecule has 0 saturated heterocycles. The monoisotopic (exact) mass is 463 g/mol. The Morgan fingerprint density at radius 1 is 0.758 bits per heavy atom. The maximum absolute atomic E-state index is 12.1. The molecule has 0 saturated carbocycles. The molecule has 0 rings (SSSR count). The number of unbranched alkanes of at least 4 members (excludes halogenated alkanes) is 10. The number of carbonyl (C=O) groups excluding carboxylic acids is 1. The highest BCUT2D eigenvalue weighted by molar-refractivity contribution is 5.76. The summed E-state index contributed by atoms with van der Waals surface area (Å²) in [7, 11) is 0. The van der Waals surface area contributed by atoms with Crippen molar-refractivity contribution in [1.29, 1.82) is 0 Å². The van der Waals surface area contributed by atoms with Crippen molar-refractivity contribution in [2.75, 3.05) is 6.61 Å². The van der Waals surface area contributed by atoms with Crippen LogP contribution >= 0.6 is 0 Å². The second-order valence-corrected chi connectivity index (χ2v) is 9.08. The molecule has 3 N–H and O–H groups in total. The van der Waals surface area contributed by atoms with Crippen molar-refractivity contribution in [2.45, 2.75) is 135 Å². The van der Waals surface area contributed by atoms with Gasteiger partial charge >= 0.3 is 0 Å². The van der Waals surface area contributed by atoms with Gasteiger partial charge in [0.15, 0.2) is 0 Å². The van der Waals surface area contributed by atoms with E-state index in [1.807, 2.05) is 0 Å². The van der Waals surface area contributed by atoms with Gasteiger partial charge in [0.1, 0.15) is 0 Å². The number of nitrogens with one attached hydrogen (secondary N) is 1. The third-order valence-electron chi connectivity index (χ3n) is 5.92.